The van der Waals surface area contributed by atoms with Crippen LogP contribution >= 0.6 is 0 Å². The lowest BCUT2D eigenvalue weighted by Gasteiger charge is -2.13. The van der Waals surface area contributed by atoms with Crippen molar-refractivity contribution in [2.75, 3.05) is 0 Å². The van der Waals surface area contributed by atoms with Crippen molar-refractivity contribution < 1.29 is 18.0 Å². The molecule has 216 valence electrons. The summed E-state index contributed by atoms with van der Waals surface area (Å²) in [6, 6.07) is 43.1. The normalized spacial score (nSPS) is 11.4. The Morgan fingerprint density at radius 2 is 0.841 bits per heavy atom. The van der Waals surface area contributed by atoms with Crippen LogP contribution in [0.1, 0.15) is 32.6 Å². The minimum Gasteiger partial charge on any atom is -0.289 e. The predicted octanol–water partition coefficient (Wildman–Crippen LogP) is 11.2. The number of alkyl halides is 3. The van der Waals surface area contributed by atoms with Gasteiger partial charge in [-0.1, -0.05) is 127 Å². The number of carbonyl (C=O) groups is 1. The first kappa shape index (κ1) is 28.9. The molecule has 0 radical (unpaired) electrons. The van der Waals surface area contributed by atoms with Crippen molar-refractivity contribution in [2.24, 2.45) is 0 Å². The highest BCUT2D eigenvalue weighted by Gasteiger charge is 2.30. The molecule has 0 bridgehead atoms. The fourth-order valence-corrected chi connectivity index (χ4v) is 5.59. The van der Waals surface area contributed by atoms with Gasteiger partial charge in [0.1, 0.15) is 0 Å². The lowest BCUT2D eigenvalue weighted by molar-refractivity contribution is -0.137. The van der Waals surface area contributed by atoms with E-state index in [2.05, 4.69) is 50.2 Å². The third-order valence-electron chi connectivity index (χ3n) is 8.02. The number of hydrogen-bond donors (Lipinski definition) is 0. The summed E-state index contributed by atoms with van der Waals surface area (Å²) in [6.45, 7) is 4.18. The highest BCUT2D eigenvalue weighted by atomic mass is 19.4. The molecule has 0 aliphatic heterocycles. The van der Waals surface area contributed by atoms with Crippen molar-refractivity contribution in [3.63, 3.8) is 0 Å². The maximum Gasteiger partial charge on any atom is 0.416 e. The van der Waals surface area contributed by atoms with Gasteiger partial charge in [0.05, 0.1) is 5.56 Å². The Morgan fingerprint density at radius 3 is 1.30 bits per heavy atom. The van der Waals surface area contributed by atoms with E-state index in [9.17, 15) is 18.0 Å². The Bertz CT molecular complexity index is 1940. The Kier molecular flexibility index (Phi) is 7.75. The van der Waals surface area contributed by atoms with Gasteiger partial charge in [-0.2, -0.15) is 13.2 Å². The predicted molar refractivity (Wildman–Crippen MR) is 173 cm³/mol. The van der Waals surface area contributed by atoms with Gasteiger partial charge in [-0.25, -0.2) is 0 Å². The topological polar surface area (TPSA) is 17.1 Å². The van der Waals surface area contributed by atoms with Crippen molar-refractivity contribution in [3.05, 3.63) is 167 Å². The van der Waals surface area contributed by atoms with E-state index >= 15 is 0 Å². The summed E-state index contributed by atoms with van der Waals surface area (Å²) in [7, 11) is 0. The van der Waals surface area contributed by atoms with Gasteiger partial charge in [0, 0.05) is 11.1 Å². The fourth-order valence-electron chi connectivity index (χ4n) is 5.59. The van der Waals surface area contributed by atoms with Crippen LogP contribution in [-0.4, -0.2) is 5.78 Å². The number of ketones is 1. The maximum absolute atomic E-state index is 12.9. The zero-order chi connectivity index (χ0) is 30.8. The summed E-state index contributed by atoms with van der Waals surface area (Å²) in [5, 5.41) is 0. The number of hydrogen-bond acceptors (Lipinski definition) is 1. The molecular formula is C40H29F3O. The monoisotopic (exact) mass is 582 g/mol. The standard InChI is InChI=1S/C40H29F3O/c1-26-24-34(18-22-37(26)30-10-8-28(9-11-30)29-16-20-36(21-17-29)40(41,42)43)35-19-23-38(27(2)25-35)31-12-14-33(15-13-31)39(44)32-6-4-3-5-7-32/h3-25H,1-2H3. The highest BCUT2D eigenvalue weighted by molar-refractivity contribution is 6.09. The highest BCUT2D eigenvalue weighted by Crippen LogP contribution is 2.34. The molecule has 0 fully saturated rings. The number of benzene rings is 6. The van der Waals surface area contributed by atoms with Crippen molar-refractivity contribution in [1.29, 1.82) is 0 Å². The van der Waals surface area contributed by atoms with E-state index in [1.54, 1.807) is 0 Å². The summed E-state index contributed by atoms with van der Waals surface area (Å²) in [5.74, 6) is 0.0122. The van der Waals surface area contributed by atoms with Gasteiger partial charge in [-0.05, 0) is 81.6 Å². The summed E-state index contributed by atoms with van der Waals surface area (Å²) in [5.41, 5.74) is 11.1. The molecule has 0 N–H and O–H groups in total. The van der Waals surface area contributed by atoms with E-state index < -0.39 is 11.7 Å². The van der Waals surface area contributed by atoms with Gasteiger partial charge >= 0.3 is 6.18 Å². The van der Waals surface area contributed by atoms with Gasteiger partial charge in [-0.15, -0.1) is 0 Å². The molecule has 4 heteroatoms. The van der Waals surface area contributed by atoms with E-state index in [1.165, 1.54) is 12.1 Å². The Morgan fingerprint density at radius 1 is 0.455 bits per heavy atom. The van der Waals surface area contributed by atoms with Gasteiger partial charge in [0.15, 0.2) is 5.78 Å². The fraction of sp³-hybridized carbons (Fsp3) is 0.0750. The van der Waals surface area contributed by atoms with Crippen LogP contribution in [-0.2, 0) is 6.18 Å². The molecule has 0 saturated carbocycles. The van der Waals surface area contributed by atoms with E-state index in [-0.39, 0.29) is 5.78 Å². The molecule has 0 saturated heterocycles. The van der Waals surface area contributed by atoms with E-state index in [0.29, 0.717) is 11.1 Å². The molecule has 0 aliphatic rings. The van der Waals surface area contributed by atoms with Crippen LogP contribution < -0.4 is 0 Å². The largest absolute Gasteiger partial charge is 0.416 e. The minimum atomic E-state index is -4.34. The quantitative estimate of drug-likeness (QED) is 0.179. The summed E-state index contributed by atoms with van der Waals surface area (Å²) in [6.07, 6.45) is -4.34. The van der Waals surface area contributed by atoms with Crippen LogP contribution in [0.5, 0.6) is 0 Å². The third kappa shape index (κ3) is 5.97. The van der Waals surface area contributed by atoms with Crippen LogP contribution in [0.25, 0.3) is 44.5 Å². The van der Waals surface area contributed by atoms with Crippen LogP contribution in [0.4, 0.5) is 13.2 Å². The summed E-state index contributed by atoms with van der Waals surface area (Å²) < 4.78 is 38.7. The molecule has 0 amide bonds. The first-order valence-electron chi connectivity index (χ1n) is 14.4. The Hall–Kier alpha value is -5.22. The molecule has 0 aliphatic carbocycles. The summed E-state index contributed by atoms with van der Waals surface area (Å²) in [4.78, 5) is 12.8. The van der Waals surface area contributed by atoms with Gasteiger partial charge < -0.3 is 0 Å². The van der Waals surface area contributed by atoms with Gasteiger partial charge in [0.2, 0.25) is 0 Å². The molecule has 0 atom stereocenters. The number of halogens is 3. The SMILES string of the molecule is Cc1cc(-c2ccc(-c3ccc(-c4ccc(C(F)(F)F)cc4)cc3)c(C)c2)ccc1-c1ccc(C(=O)c2ccccc2)cc1. The molecular weight excluding hydrogens is 553 g/mol. The van der Waals surface area contributed by atoms with Crippen molar-refractivity contribution >= 4 is 5.78 Å². The van der Waals surface area contributed by atoms with Crippen LogP contribution in [0.3, 0.4) is 0 Å². The zero-order valence-electron chi connectivity index (χ0n) is 24.3. The lowest BCUT2D eigenvalue weighted by Crippen LogP contribution is -2.03. The lowest BCUT2D eigenvalue weighted by atomic mass is 9.92. The van der Waals surface area contributed by atoms with Crippen molar-refractivity contribution in [3.8, 4) is 44.5 Å². The minimum absolute atomic E-state index is 0.0122. The maximum atomic E-state index is 12.9. The Labute approximate surface area is 255 Å². The van der Waals surface area contributed by atoms with Crippen molar-refractivity contribution in [2.45, 2.75) is 20.0 Å². The molecule has 0 aromatic heterocycles. The number of aryl methyl sites for hydroxylation is 2. The molecule has 6 rings (SSSR count). The van der Waals surface area contributed by atoms with E-state index in [0.717, 1.165) is 67.8 Å². The molecule has 6 aromatic rings. The second kappa shape index (κ2) is 11.8. The first-order chi connectivity index (χ1) is 21.2. The van der Waals surface area contributed by atoms with Crippen LogP contribution in [0.2, 0.25) is 0 Å². The van der Waals surface area contributed by atoms with Crippen LogP contribution in [0.15, 0.2) is 140 Å². The molecule has 0 unspecified atom stereocenters. The van der Waals surface area contributed by atoms with Crippen molar-refractivity contribution in [1.82, 2.24) is 0 Å². The molecule has 1 nitrogen and oxygen atoms in total. The molecule has 0 heterocycles. The smallest absolute Gasteiger partial charge is 0.289 e. The zero-order valence-corrected chi connectivity index (χ0v) is 24.3. The van der Waals surface area contributed by atoms with Gasteiger partial charge in [-0.3, -0.25) is 4.79 Å². The van der Waals surface area contributed by atoms with Gasteiger partial charge in [0.25, 0.3) is 0 Å². The first-order valence-corrected chi connectivity index (χ1v) is 14.4. The van der Waals surface area contributed by atoms with Crippen LogP contribution in [0, 0.1) is 13.8 Å². The second-order valence-corrected chi connectivity index (χ2v) is 11.0. The molecule has 6 aromatic carbocycles. The molecule has 0 spiro atoms. The summed E-state index contributed by atoms with van der Waals surface area (Å²) >= 11 is 0. The number of rotatable bonds is 6. The number of carbonyl (C=O) groups excluding carboxylic acids is 1. The molecule has 44 heavy (non-hydrogen) atoms. The van der Waals surface area contributed by atoms with E-state index in [1.807, 2.05) is 78.9 Å². The average molecular weight is 583 g/mol. The average Bonchev–Trinajstić information content (AvgIpc) is 3.04. The van der Waals surface area contributed by atoms with E-state index in [4.69, 9.17) is 0 Å². The second-order valence-electron chi connectivity index (χ2n) is 11.0. The Balaban J connectivity index is 1.19. The third-order valence-corrected chi connectivity index (χ3v) is 8.02.